The number of Topliss-reactive ketones (excluding diaryl/α,β-unsaturated/α-hetero) is 1. The van der Waals surface area contributed by atoms with Gasteiger partial charge >= 0.3 is 0 Å². The number of carbonyl (C=O) groups is 2. The molecule has 1 saturated carbocycles. The standard InChI is InChI=1S/C17H21NO3/c1-11-10-15(11)17(21)18-8-6-13(7-9-18)16(20)12-2-4-14(19)5-3-12/h2-5,11,13,15,19H,6-10H2,1H3/t11-,15-/m1/s1. The lowest BCUT2D eigenvalue weighted by molar-refractivity contribution is -0.134. The number of benzene rings is 1. The molecular formula is C17H21NO3. The number of phenolic OH excluding ortho intramolecular Hbond substituents is 1. The molecule has 4 nitrogen and oxygen atoms in total. The minimum absolute atomic E-state index is 0.00443. The van der Waals surface area contributed by atoms with Crippen molar-refractivity contribution < 1.29 is 14.7 Å². The van der Waals surface area contributed by atoms with Crippen LogP contribution in [0.3, 0.4) is 0 Å². The summed E-state index contributed by atoms with van der Waals surface area (Å²) in [6.07, 6.45) is 2.50. The molecule has 4 heteroatoms. The van der Waals surface area contributed by atoms with E-state index in [2.05, 4.69) is 6.92 Å². The van der Waals surface area contributed by atoms with Gasteiger partial charge in [0.05, 0.1) is 0 Å². The van der Waals surface area contributed by atoms with Gasteiger partial charge in [-0.05, 0) is 49.4 Å². The number of carbonyl (C=O) groups excluding carboxylic acids is 2. The van der Waals surface area contributed by atoms with Gasteiger partial charge in [-0.2, -0.15) is 0 Å². The smallest absolute Gasteiger partial charge is 0.225 e. The van der Waals surface area contributed by atoms with Crippen molar-refractivity contribution in [2.45, 2.75) is 26.2 Å². The summed E-state index contributed by atoms with van der Waals surface area (Å²) in [6.45, 7) is 3.50. The Labute approximate surface area is 124 Å². The first-order valence-corrected chi connectivity index (χ1v) is 7.68. The van der Waals surface area contributed by atoms with Gasteiger partial charge in [-0.3, -0.25) is 9.59 Å². The number of amides is 1. The number of rotatable bonds is 3. The van der Waals surface area contributed by atoms with Crippen LogP contribution in [0.2, 0.25) is 0 Å². The van der Waals surface area contributed by atoms with Gasteiger partial charge in [0.15, 0.2) is 5.78 Å². The van der Waals surface area contributed by atoms with Crippen LogP contribution < -0.4 is 0 Å². The number of phenols is 1. The second-order valence-corrected chi connectivity index (χ2v) is 6.33. The Kier molecular flexibility index (Phi) is 3.70. The first-order chi connectivity index (χ1) is 10.1. The second-order valence-electron chi connectivity index (χ2n) is 6.33. The molecule has 1 N–H and O–H groups in total. The first kappa shape index (κ1) is 14.1. The average molecular weight is 287 g/mol. The fourth-order valence-electron chi connectivity index (χ4n) is 3.12. The first-order valence-electron chi connectivity index (χ1n) is 7.68. The van der Waals surface area contributed by atoms with Crippen LogP contribution in [0, 0.1) is 17.8 Å². The largest absolute Gasteiger partial charge is 0.508 e. The third kappa shape index (κ3) is 2.94. The zero-order valence-electron chi connectivity index (χ0n) is 12.3. The van der Waals surface area contributed by atoms with E-state index >= 15 is 0 Å². The normalized spacial score (nSPS) is 25.7. The molecule has 1 aromatic rings. The van der Waals surface area contributed by atoms with Gasteiger partial charge in [0.1, 0.15) is 5.75 Å². The highest BCUT2D eigenvalue weighted by molar-refractivity contribution is 5.98. The maximum Gasteiger partial charge on any atom is 0.225 e. The Bertz CT molecular complexity index is 544. The number of ketones is 1. The summed E-state index contributed by atoms with van der Waals surface area (Å²) in [5.41, 5.74) is 0.647. The van der Waals surface area contributed by atoms with Crippen LogP contribution in [-0.2, 0) is 4.79 Å². The molecule has 0 spiro atoms. The minimum atomic E-state index is -0.00443. The van der Waals surface area contributed by atoms with Gasteiger partial charge in [-0.1, -0.05) is 6.92 Å². The average Bonchev–Trinajstić information content (AvgIpc) is 3.24. The van der Waals surface area contributed by atoms with Gasteiger partial charge < -0.3 is 10.0 Å². The molecule has 3 rings (SSSR count). The second kappa shape index (κ2) is 5.51. The molecule has 1 heterocycles. The van der Waals surface area contributed by atoms with Gasteiger partial charge in [0.25, 0.3) is 0 Å². The molecule has 0 aromatic heterocycles. The maximum atomic E-state index is 12.4. The van der Waals surface area contributed by atoms with Crippen LogP contribution in [0.25, 0.3) is 0 Å². The van der Waals surface area contributed by atoms with Crippen molar-refractivity contribution in [1.29, 1.82) is 0 Å². The Balaban J connectivity index is 1.56. The molecule has 0 radical (unpaired) electrons. The number of hydrogen-bond donors (Lipinski definition) is 1. The van der Waals surface area contributed by atoms with Gasteiger partial charge in [0, 0.05) is 30.5 Å². The zero-order chi connectivity index (χ0) is 15.0. The number of aromatic hydroxyl groups is 1. The Morgan fingerprint density at radius 1 is 1.14 bits per heavy atom. The highest BCUT2D eigenvalue weighted by Crippen LogP contribution is 2.39. The topological polar surface area (TPSA) is 57.6 Å². The van der Waals surface area contributed by atoms with Crippen molar-refractivity contribution in [3.8, 4) is 5.75 Å². The van der Waals surface area contributed by atoms with Crippen molar-refractivity contribution in [3.63, 3.8) is 0 Å². The van der Waals surface area contributed by atoms with E-state index in [9.17, 15) is 14.7 Å². The molecule has 1 aromatic carbocycles. The van der Waals surface area contributed by atoms with E-state index in [-0.39, 0.29) is 29.3 Å². The highest BCUT2D eigenvalue weighted by Gasteiger charge is 2.42. The van der Waals surface area contributed by atoms with Gasteiger partial charge in [-0.15, -0.1) is 0 Å². The minimum Gasteiger partial charge on any atom is -0.508 e. The third-order valence-corrected chi connectivity index (χ3v) is 4.76. The van der Waals surface area contributed by atoms with E-state index in [1.54, 1.807) is 24.3 Å². The van der Waals surface area contributed by atoms with E-state index in [0.29, 0.717) is 24.6 Å². The van der Waals surface area contributed by atoms with Crippen LogP contribution in [-0.4, -0.2) is 34.8 Å². The predicted octanol–water partition coefficient (Wildman–Crippen LogP) is 2.47. The number of nitrogens with zero attached hydrogens (tertiary/aromatic N) is 1. The summed E-state index contributed by atoms with van der Waals surface area (Å²) in [5, 5.41) is 9.27. The van der Waals surface area contributed by atoms with Gasteiger partial charge in [0.2, 0.25) is 5.91 Å². The quantitative estimate of drug-likeness (QED) is 0.869. The Hall–Kier alpha value is -1.84. The van der Waals surface area contributed by atoms with E-state index in [4.69, 9.17) is 0 Å². The lowest BCUT2D eigenvalue weighted by atomic mass is 9.88. The van der Waals surface area contributed by atoms with E-state index < -0.39 is 0 Å². The molecule has 21 heavy (non-hydrogen) atoms. The molecule has 1 amide bonds. The number of likely N-dealkylation sites (tertiary alicyclic amines) is 1. The van der Waals surface area contributed by atoms with Crippen molar-refractivity contribution in [2.24, 2.45) is 17.8 Å². The van der Waals surface area contributed by atoms with Crippen molar-refractivity contribution in [3.05, 3.63) is 29.8 Å². The SMILES string of the molecule is C[C@@H]1C[C@H]1C(=O)N1CCC(C(=O)c2ccc(O)cc2)CC1. The molecule has 1 aliphatic carbocycles. The van der Waals surface area contributed by atoms with E-state index in [0.717, 1.165) is 19.3 Å². The monoisotopic (exact) mass is 287 g/mol. The van der Waals surface area contributed by atoms with Crippen LogP contribution in [0.1, 0.15) is 36.5 Å². The van der Waals surface area contributed by atoms with E-state index in [1.165, 1.54) is 0 Å². The molecule has 2 atom stereocenters. The fraction of sp³-hybridized carbons (Fsp3) is 0.529. The molecule has 2 fully saturated rings. The summed E-state index contributed by atoms with van der Waals surface area (Å²) in [5.74, 6) is 1.34. The summed E-state index contributed by atoms with van der Waals surface area (Å²) in [6, 6.07) is 6.42. The summed E-state index contributed by atoms with van der Waals surface area (Å²) >= 11 is 0. The van der Waals surface area contributed by atoms with Crippen LogP contribution in [0.4, 0.5) is 0 Å². The molecule has 0 bridgehead atoms. The number of piperidine rings is 1. The third-order valence-electron chi connectivity index (χ3n) is 4.76. The zero-order valence-corrected chi connectivity index (χ0v) is 12.3. The summed E-state index contributed by atoms with van der Waals surface area (Å²) in [7, 11) is 0. The molecule has 0 unspecified atom stereocenters. The lowest BCUT2D eigenvalue weighted by Gasteiger charge is -2.31. The van der Waals surface area contributed by atoms with E-state index in [1.807, 2.05) is 4.90 Å². The molecular weight excluding hydrogens is 266 g/mol. The molecule has 112 valence electrons. The summed E-state index contributed by atoms with van der Waals surface area (Å²) < 4.78 is 0. The predicted molar refractivity (Wildman–Crippen MR) is 79.0 cm³/mol. The Morgan fingerprint density at radius 2 is 1.71 bits per heavy atom. The van der Waals surface area contributed by atoms with Crippen LogP contribution in [0.5, 0.6) is 5.75 Å². The number of hydrogen-bond acceptors (Lipinski definition) is 3. The lowest BCUT2D eigenvalue weighted by Crippen LogP contribution is -2.41. The fourth-order valence-corrected chi connectivity index (χ4v) is 3.12. The van der Waals surface area contributed by atoms with Crippen molar-refractivity contribution in [2.75, 3.05) is 13.1 Å². The molecule has 1 aliphatic heterocycles. The Morgan fingerprint density at radius 3 is 2.24 bits per heavy atom. The van der Waals surface area contributed by atoms with Crippen molar-refractivity contribution in [1.82, 2.24) is 4.90 Å². The highest BCUT2D eigenvalue weighted by atomic mass is 16.3. The van der Waals surface area contributed by atoms with Crippen molar-refractivity contribution >= 4 is 11.7 Å². The summed E-state index contributed by atoms with van der Waals surface area (Å²) in [4.78, 5) is 26.5. The van der Waals surface area contributed by atoms with Gasteiger partial charge in [-0.25, -0.2) is 0 Å². The van der Waals surface area contributed by atoms with Crippen LogP contribution >= 0.6 is 0 Å². The molecule has 2 aliphatic rings. The molecule has 1 saturated heterocycles. The van der Waals surface area contributed by atoms with Crippen LogP contribution in [0.15, 0.2) is 24.3 Å². The maximum absolute atomic E-state index is 12.4.